The van der Waals surface area contributed by atoms with Crippen molar-refractivity contribution in [2.45, 2.75) is 6.42 Å². The highest BCUT2D eigenvalue weighted by Gasteiger charge is 2.13. The molecule has 0 aliphatic carbocycles. The molecule has 0 aromatic carbocycles. The lowest BCUT2D eigenvalue weighted by Gasteiger charge is -2.07. The molecule has 12 heavy (non-hydrogen) atoms. The normalized spacial score (nSPS) is 17.7. The van der Waals surface area contributed by atoms with Crippen molar-refractivity contribution in [2.24, 2.45) is 0 Å². The Morgan fingerprint density at radius 2 is 2.42 bits per heavy atom. The third-order valence-corrected chi connectivity index (χ3v) is 2.70. The predicted octanol–water partition coefficient (Wildman–Crippen LogP) is 2.33. The van der Waals surface area contributed by atoms with Crippen LogP contribution >= 0.6 is 11.8 Å². The third-order valence-electron chi connectivity index (χ3n) is 1.66. The highest BCUT2D eigenvalue weighted by molar-refractivity contribution is 8.08. The highest BCUT2D eigenvalue weighted by atomic mass is 32.2. The van der Waals surface area contributed by atoms with Crippen molar-refractivity contribution >= 4 is 22.5 Å². The van der Waals surface area contributed by atoms with Gasteiger partial charge in [-0.05, 0) is 18.2 Å². The average Bonchev–Trinajstić information content (AvgIpc) is 2.56. The largest absolute Gasteiger partial charge is 0.464 e. The molecule has 1 aromatic heterocycles. The molecule has 3 heteroatoms. The molecular weight excluding hydrogens is 172 g/mol. The lowest BCUT2D eigenvalue weighted by Crippen LogP contribution is -2.01. The summed E-state index contributed by atoms with van der Waals surface area (Å²) in [5, 5.41) is 0. The maximum atomic E-state index is 11.0. The van der Waals surface area contributed by atoms with E-state index in [0.29, 0.717) is 6.42 Å². The lowest BCUT2D eigenvalue weighted by molar-refractivity contribution is -0.114. The van der Waals surface area contributed by atoms with Crippen LogP contribution in [0.3, 0.4) is 0 Å². The maximum Gasteiger partial charge on any atom is 0.157 e. The molecule has 0 N–H and O–H groups in total. The molecule has 0 amide bonds. The van der Waals surface area contributed by atoms with E-state index in [1.165, 1.54) is 0 Å². The minimum atomic E-state index is 0.195. The molecule has 0 radical (unpaired) electrons. The van der Waals surface area contributed by atoms with Crippen molar-refractivity contribution < 1.29 is 9.21 Å². The van der Waals surface area contributed by atoms with Crippen LogP contribution in [-0.4, -0.2) is 11.5 Å². The summed E-state index contributed by atoms with van der Waals surface area (Å²) in [7, 11) is 0. The van der Waals surface area contributed by atoms with E-state index in [1.807, 2.05) is 12.1 Å². The SMILES string of the molecule is O=C1C=C(c2ccco2)SCC1. The molecular formula is C9H8O2S. The van der Waals surface area contributed by atoms with Gasteiger partial charge in [0.25, 0.3) is 0 Å². The van der Waals surface area contributed by atoms with Crippen LogP contribution in [0.5, 0.6) is 0 Å². The van der Waals surface area contributed by atoms with E-state index in [9.17, 15) is 4.79 Å². The number of rotatable bonds is 1. The molecule has 0 bridgehead atoms. The Morgan fingerprint density at radius 3 is 3.08 bits per heavy atom. The summed E-state index contributed by atoms with van der Waals surface area (Å²) in [6.45, 7) is 0. The Kier molecular flexibility index (Phi) is 2.04. The smallest absolute Gasteiger partial charge is 0.157 e. The highest BCUT2D eigenvalue weighted by Crippen LogP contribution is 2.31. The number of furan rings is 1. The van der Waals surface area contributed by atoms with Crippen LogP contribution < -0.4 is 0 Å². The standard InChI is InChI=1S/C9H8O2S/c10-7-3-5-12-9(6-7)8-2-1-4-11-8/h1-2,4,6H,3,5H2. The first-order chi connectivity index (χ1) is 5.86. The monoisotopic (exact) mass is 180 g/mol. The van der Waals surface area contributed by atoms with Gasteiger partial charge in [0.1, 0.15) is 5.76 Å². The Labute approximate surface area is 74.6 Å². The number of hydrogen-bond acceptors (Lipinski definition) is 3. The van der Waals surface area contributed by atoms with E-state index in [4.69, 9.17) is 4.42 Å². The zero-order valence-electron chi connectivity index (χ0n) is 6.45. The van der Waals surface area contributed by atoms with E-state index < -0.39 is 0 Å². The van der Waals surface area contributed by atoms with Gasteiger partial charge in [0, 0.05) is 12.2 Å². The first-order valence-electron chi connectivity index (χ1n) is 3.77. The van der Waals surface area contributed by atoms with Gasteiger partial charge in [-0.15, -0.1) is 11.8 Å². The molecule has 2 rings (SSSR count). The summed E-state index contributed by atoms with van der Waals surface area (Å²) in [6.07, 6.45) is 3.93. The Balaban J connectivity index is 2.29. The predicted molar refractivity (Wildman–Crippen MR) is 48.8 cm³/mol. The second-order valence-corrected chi connectivity index (χ2v) is 3.69. The lowest BCUT2D eigenvalue weighted by atomic mass is 10.2. The van der Waals surface area contributed by atoms with Gasteiger partial charge in [0.15, 0.2) is 5.78 Å². The van der Waals surface area contributed by atoms with Crippen LogP contribution in [0.4, 0.5) is 0 Å². The second-order valence-electron chi connectivity index (χ2n) is 2.55. The zero-order chi connectivity index (χ0) is 8.39. The van der Waals surface area contributed by atoms with E-state index in [-0.39, 0.29) is 5.78 Å². The molecule has 1 aliphatic heterocycles. The molecule has 0 fully saturated rings. The molecule has 2 heterocycles. The first kappa shape index (κ1) is 7.68. The summed E-state index contributed by atoms with van der Waals surface area (Å²) in [4.78, 5) is 12.0. The van der Waals surface area contributed by atoms with E-state index in [2.05, 4.69) is 0 Å². The van der Waals surface area contributed by atoms with Gasteiger partial charge in [-0.3, -0.25) is 4.79 Å². The van der Waals surface area contributed by atoms with Crippen LogP contribution in [0.1, 0.15) is 12.2 Å². The van der Waals surface area contributed by atoms with Crippen LogP contribution in [-0.2, 0) is 4.79 Å². The number of carbonyl (C=O) groups is 1. The van der Waals surface area contributed by atoms with Gasteiger partial charge in [-0.1, -0.05) is 0 Å². The average molecular weight is 180 g/mol. The molecule has 0 atom stereocenters. The summed E-state index contributed by atoms with van der Waals surface area (Å²) < 4.78 is 5.18. The number of thioether (sulfide) groups is 1. The van der Waals surface area contributed by atoms with Gasteiger partial charge in [0.2, 0.25) is 0 Å². The van der Waals surface area contributed by atoms with Gasteiger partial charge in [-0.2, -0.15) is 0 Å². The minimum Gasteiger partial charge on any atom is -0.464 e. The van der Waals surface area contributed by atoms with E-state index in [1.54, 1.807) is 24.1 Å². The molecule has 0 saturated heterocycles. The molecule has 0 saturated carbocycles. The van der Waals surface area contributed by atoms with Crippen LogP contribution in [0.25, 0.3) is 4.91 Å². The van der Waals surface area contributed by atoms with Crippen molar-refractivity contribution in [2.75, 3.05) is 5.75 Å². The number of hydrogen-bond donors (Lipinski definition) is 0. The van der Waals surface area contributed by atoms with Crippen LogP contribution in [0.2, 0.25) is 0 Å². The Hall–Kier alpha value is -0.960. The number of carbonyl (C=O) groups excluding carboxylic acids is 1. The second kappa shape index (κ2) is 3.19. The molecule has 2 nitrogen and oxygen atoms in total. The summed E-state index contributed by atoms with van der Waals surface area (Å²) in [5.41, 5.74) is 0. The van der Waals surface area contributed by atoms with E-state index in [0.717, 1.165) is 16.4 Å². The number of allylic oxidation sites excluding steroid dienone is 1. The summed E-state index contributed by atoms with van der Waals surface area (Å²) >= 11 is 1.67. The van der Waals surface area contributed by atoms with Crippen molar-refractivity contribution in [3.05, 3.63) is 30.2 Å². The van der Waals surface area contributed by atoms with Gasteiger partial charge < -0.3 is 4.42 Å². The minimum absolute atomic E-state index is 0.195. The fourth-order valence-corrected chi connectivity index (χ4v) is 2.08. The van der Waals surface area contributed by atoms with E-state index >= 15 is 0 Å². The first-order valence-corrected chi connectivity index (χ1v) is 4.76. The Morgan fingerprint density at radius 1 is 1.50 bits per heavy atom. The summed E-state index contributed by atoms with van der Waals surface area (Å²) in [5.74, 6) is 1.86. The van der Waals surface area contributed by atoms with Gasteiger partial charge >= 0.3 is 0 Å². The Bertz CT molecular complexity index is 311. The quantitative estimate of drug-likeness (QED) is 0.664. The molecule has 1 aliphatic rings. The zero-order valence-corrected chi connectivity index (χ0v) is 7.26. The van der Waals surface area contributed by atoms with Gasteiger partial charge in [0.05, 0.1) is 11.2 Å². The fraction of sp³-hybridized carbons (Fsp3) is 0.222. The van der Waals surface area contributed by atoms with Crippen LogP contribution in [0, 0.1) is 0 Å². The number of ketones is 1. The topological polar surface area (TPSA) is 30.2 Å². The fourth-order valence-electron chi connectivity index (χ4n) is 1.08. The maximum absolute atomic E-state index is 11.0. The van der Waals surface area contributed by atoms with Crippen molar-refractivity contribution in [3.8, 4) is 0 Å². The summed E-state index contributed by atoms with van der Waals surface area (Å²) in [6, 6.07) is 3.70. The van der Waals surface area contributed by atoms with Gasteiger partial charge in [-0.25, -0.2) is 0 Å². The molecule has 0 unspecified atom stereocenters. The van der Waals surface area contributed by atoms with Crippen LogP contribution in [0.15, 0.2) is 28.9 Å². The van der Waals surface area contributed by atoms with Crippen molar-refractivity contribution in [1.82, 2.24) is 0 Å². The molecule has 0 spiro atoms. The molecule has 1 aromatic rings. The molecule has 62 valence electrons. The van der Waals surface area contributed by atoms with Crippen molar-refractivity contribution in [3.63, 3.8) is 0 Å². The third kappa shape index (κ3) is 1.46. The van der Waals surface area contributed by atoms with Crippen molar-refractivity contribution in [1.29, 1.82) is 0 Å².